The summed E-state index contributed by atoms with van der Waals surface area (Å²) >= 11 is 1.80. The normalized spacial score (nSPS) is 11.6. The Labute approximate surface area is 320 Å². The van der Waals surface area contributed by atoms with Gasteiger partial charge in [0, 0.05) is 70.5 Å². The molecule has 0 atom stereocenters. The van der Waals surface area contributed by atoms with Crippen LogP contribution < -0.4 is 4.90 Å². The topological polar surface area (TPSA) is 55.1 Å². The maximum atomic E-state index is 6.80. The molecule has 0 bridgehead atoms. The van der Waals surface area contributed by atoms with Gasteiger partial charge in [-0.2, -0.15) is 0 Å². The highest BCUT2D eigenvalue weighted by Gasteiger charge is 2.23. The van der Waals surface area contributed by atoms with Crippen molar-refractivity contribution in [3.63, 3.8) is 0 Å². The zero-order valence-corrected chi connectivity index (χ0v) is 30.2. The molecule has 0 aliphatic rings. The second-order valence-electron chi connectivity index (χ2n) is 13.6. The van der Waals surface area contributed by atoms with E-state index in [2.05, 4.69) is 132 Å². The largest absolute Gasteiger partial charge is 0.456 e. The summed E-state index contributed by atoms with van der Waals surface area (Å²) in [7, 11) is 0. The fourth-order valence-corrected chi connectivity index (χ4v) is 8.91. The van der Waals surface area contributed by atoms with Crippen LogP contribution in [0, 0.1) is 0 Å². The maximum absolute atomic E-state index is 6.80. The summed E-state index contributed by atoms with van der Waals surface area (Å²) in [6.45, 7) is 0. The molecule has 0 saturated heterocycles. The lowest BCUT2D eigenvalue weighted by Crippen LogP contribution is -2.10. The Balaban J connectivity index is 1.16. The molecule has 11 aromatic rings. The highest BCUT2D eigenvalue weighted by atomic mass is 32.1. The maximum Gasteiger partial charge on any atom is 0.164 e. The molecule has 0 spiro atoms. The number of thiophene rings is 1. The number of para-hydroxylation sites is 2. The smallest absolute Gasteiger partial charge is 0.164 e. The lowest BCUT2D eigenvalue weighted by molar-refractivity contribution is 0.669. The van der Waals surface area contributed by atoms with Gasteiger partial charge in [-0.15, -0.1) is 11.3 Å². The molecule has 0 amide bonds. The van der Waals surface area contributed by atoms with E-state index in [1.54, 1.807) is 11.3 Å². The molecule has 8 aromatic carbocycles. The molecule has 0 fully saturated rings. The zero-order valence-electron chi connectivity index (χ0n) is 29.4. The van der Waals surface area contributed by atoms with E-state index in [0.717, 1.165) is 66.5 Å². The SMILES string of the molecule is c1ccc(-c2nc(-c3ccc4sc5ccccc5c4c3)nc(-c3cccc4oc5cc(N(c6ccccc6)c6ccccc6)c6ccccc6c5c34)n2)cc1. The molecule has 3 aromatic heterocycles. The van der Waals surface area contributed by atoms with Crippen LogP contribution in [-0.4, -0.2) is 15.0 Å². The van der Waals surface area contributed by atoms with Crippen molar-refractivity contribution < 1.29 is 4.42 Å². The van der Waals surface area contributed by atoms with Crippen molar-refractivity contribution in [1.82, 2.24) is 15.0 Å². The van der Waals surface area contributed by atoms with Crippen LogP contribution in [0.15, 0.2) is 186 Å². The van der Waals surface area contributed by atoms with Crippen LogP contribution in [0.1, 0.15) is 0 Å². The minimum Gasteiger partial charge on any atom is -0.456 e. The van der Waals surface area contributed by atoms with E-state index in [9.17, 15) is 0 Å². The van der Waals surface area contributed by atoms with Gasteiger partial charge in [-0.1, -0.05) is 121 Å². The molecule has 0 aliphatic heterocycles. The van der Waals surface area contributed by atoms with E-state index >= 15 is 0 Å². The number of hydrogen-bond acceptors (Lipinski definition) is 6. The molecule has 6 heteroatoms. The summed E-state index contributed by atoms with van der Waals surface area (Å²) in [5.74, 6) is 1.84. The zero-order chi connectivity index (χ0) is 36.3. The monoisotopic (exact) mass is 722 g/mol. The average molecular weight is 723 g/mol. The lowest BCUT2D eigenvalue weighted by Gasteiger charge is -2.27. The molecular weight excluding hydrogens is 693 g/mol. The highest BCUT2D eigenvalue weighted by Crippen LogP contribution is 2.46. The lowest BCUT2D eigenvalue weighted by atomic mass is 9.98. The Morgan fingerprint density at radius 3 is 1.75 bits per heavy atom. The Hall–Kier alpha value is -7.15. The van der Waals surface area contributed by atoms with Crippen LogP contribution in [0.25, 0.3) is 87.0 Å². The van der Waals surface area contributed by atoms with Gasteiger partial charge in [0.05, 0.1) is 5.69 Å². The molecule has 5 nitrogen and oxygen atoms in total. The number of benzene rings is 8. The Morgan fingerprint density at radius 1 is 0.400 bits per heavy atom. The van der Waals surface area contributed by atoms with Crippen LogP contribution in [0.3, 0.4) is 0 Å². The number of hydrogen-bond donors (Lipinski definition) is 0. The van der Waals surface area contributed by atoms with E-state index in [-0.39, 0.29) is 0 Å². The fraction of sp³-hybridized carbons (Fsp3) is 0. The summed E-state index contributed by atoms with van der Waals surface area (Å²) in [4.78, 5) is 17.8. The Morgan fingerprint density at radius 2 is 1.00 bits per heavy atom. The number of nitrogens with zero attached hydrogens (tertiary/aromatic N) is 4. The minimum absolute atomic E-state index is 0.593. The predicted octanol–water partition coefficient (Wildman–Crippen LogP) is 13.8. The standard InChI is InChI=1S/C49H30N4OS/c1-4-15-31(16-5-1)47-50-48(32-27-28-44-39(29-32)36-22-12-13-26-43(36)55-44)52-49(51-47)38-24-14-25-41-46(38)45-37-23-11-10-21-35(37)40(30-42(45)54-41)53(33-17-6-2-7-18-33)34-19-8-3-9-20-34/h1-30H. The number of rotatable bonds is 6. The third kappa shape index (κ3) is 5.26. The van der Waals surface area contributed by atoms with Crippen LogP contribution in [0.4, 0.5) is 17.1 Å². The van der Waals surface area contributed by atoms with Gasteiger partial charge < -0.3 is 9.32 Å². The van der Waals surface area contributed by atoms with Crippen molar-refractivity contribution in [1.29, 1.82) is 0 Å². The van der Waals surface area contributed by atoms with E-state index in [1.165, 1.54) is 20.2 Å². The quantitative estimate of drug-likeness (QED) is 0.171. The van der Waals surface area contributed by atoms with Gasteiger partial charge in [-0.3, -0.25) is 0 Å². The molecular formula is C49H30N4OS. The second kappa shape index (κ2) is 12.8. The van der Waals surface area contributed by atoms with Gasteiger partial charge in [0.25, 0.3) is 0 Å². The summed E-state index contributed by atoms with van der Waals surface area (Å²) < 4.78 is 9.30. The first-order valence-electron chi connectivity index (χ1n) is 18.3. The van der Waals surface area contributed by atoms with Crippen molar-refractivity contribution in [3.8, 4) is 34.2 Å². The van der Waals surface area contributed by atoms with E-state index in [4.69, 9.17) is 19.4 Å². The van der Waals surface area contributed by atoms with Crippen LogP contribution in [-0.2, 0) is 0 Å². The van der Waals surface area contributed by atoms with Gasteiger partial charge in [0.1, 0.15) is 11.2 Å². The number of furan rings is 1. The molecule has 0 unspecified atom stereocenters. The predicted molar refractivity (Wildman–Crippen MR) is 228 cm³/mol. The Bertz CT molecular complexity index is 3170. The van der Waals surface area contributed by atoms with Gasteiger partial charge >= 0.3 is 0 Å². The molecule has 11 rings (SSSR count). The first-order valence-corrected chi connectivity index (χ1v) is 19.1. The van der Waals surface area contributed by atoms with Gasteiger partial charge in [0.15, 0.2) is 17.5 Å². The summed E-state index contributed by atoms with van der Waals surface area (Å²) in [6, 6.07) is 63.1. The molecule has 55 heavy (non-hydrogen) atoms. The van der Waals surface area contributed by atoms with Crippen LogP contribution in [0.2, 0.25) is 0 Å². The van der Waals surface area contributed by atoms with Crippen molar-refractivity contribution in [2.45, 2.75) is 0 Å². The first-order chi connectivity index (χ1) is 27.3. The third-order valence-corrected chi connectivity index (χ3v) is 11.4. The molecule has 3 heterocycles. The van der Waals surface area contributed by atoms with E-state index < -0.39 is 0 Å². The molecule has 258 valence electrons. The van der Waals surface area contributed by atoms with Gasteiger partial charge in [-0.05, 0) is 60.0 Å². The summed E-state index contributed by atoms with van der Waals surface area (Å²) in [5.41, 5.74) is 7.49. The van der Waals surface area contributed by atoms with Crippen molar-refractivity contribution in [2.75, 3.05) is 4.90 Å². The molecule has 0 radical (unpaired) electrons. The van der Waals surface area contributed by atoms with Gasteiger partial charge in [-0.25, -0.2) is 15.0 Å². The minimum atomic E-state index is 0.593. The average Bonchev–Trinajstić information content (AvgIpc) is 3.83. The molecule has 0 N–H and O–H groups in total. The van der Waals surface area contributed by atoms with E-state index in [1.807, 2.05) is 54.6 Å². The highest BCUT2D eigenvalue weighted by molar-refractivity contribution is 7.25. The molecule has 0 aliphatic carbocycles. The van der Waals surface area contributed by atoms with Crippen molar-refractivity contribution in [2.24, 2.45) is 0 Å². The summed E-state index contributed by atoms with van der Waals surface area (Å²) in [6.07, 6.45) is 0. The fourth-order valence-electron chi connectivity index (χ4n) is 7.82. The van der Waals surface area contributed by atoms with E-state index in [0.29, 0.717) is 17.5 Å². The molecule has 0 saturated carbocycles. The number of aromatic nitrogens is 3. The van der Waals surface area contributed by atoms with Crippen LogP contribution >= 0.6 is 11.3 Å². The first kappa shape index (κ1) is 31.4. The van der Waals surface area contributed by atoms with Crippen molar-refractivity contribution in [3.05, 3.63) is 182 Å². The van der Waals surface area contributed by atoms with Gasteiger partial charge in [0.2, 0.25) is 0 Å². The second-order valence-corrected chi connectivity index (χ2v) is 14.7. The van der Waals surface area contributed by atoms with Crippen LogP contribution in [0.5, 0.6) is 0 Å². The number of anilines is 3. The number of fused-ring (bicyclic) bond motifs is 8. The third-order valence-electron chi connectivity index (χ3n) is 10.3. The van der Waals surface area contributed by atoms with Crippen molar-refractivity contribution >= 4 is 81.3 Å². The Kier molecular flexibility index (Phi) is 7.28. The summed E-state index contributed by atoms with van der Waals surface area (Å²) in [5, 5.41) is 6.64.